The molecule has 0 bridgehead atoms. The number of nitrogens with zero attached hydrogens (tertiary/aromatic N) is 1. The van der Waals surface area contributed by atoms with Crippen LogP contribution >= 0.6 is 0 Å². The van der Waals surface area contributed by atoms with E-state index in [0.29, 0.717) is 18.8 Å². The molecule has 120 valence electrons. The molecule has 1 amide bonds. The number of rotatable bonds is 2. The van der Waals surface area contributed by atoms with Gasteiger partial charge in [-0.15, -0.1) is 0 Å². The van der Waals surface area contributed by atoms with Gasteiger partial charge in [-0.3, -0.25) is 4.79 Å². The van der Waals surface area contributed by atoms with Crippen LogP contribution in [-0.2, 0) is 4.79 Å². The average molecular weight is 291 g/mol. The first-order valence-corrected chi connectivity index (χ1v) is 7.97. The second kappa shape index (κ2) is 8.58. The highest BCUT2D eigenvalue weighted by atomic mass is 19.3. The summed E-state index contributed by atoms with van der Waals surface area (Å²) in [5, 5.41) is 0. The quantitative estimate of drug-likeness (QED) is 0.728. The Morgan fingerprint density at radius 2 is 1.65 bits per heavy atom. The van der Waals surface area contributed by atoms with Gasteiger partial charge in [0.25, 0.3) is 5.92 Å². The molecule has 1 aliphatic carbocycles. The van der Waals surface area contributed by atoms with Crippen LogP contribution in [0.3, 0.4) is 0 Å². The number of carbonyl (C=O) groups excluding carboxylic acids is 1. The molecule has 2 rings (SSSR count). The molecule has 2 fully saturated rings. The summed E-state index contributed by atoms with van der Waals surface area (Å²) in [6.45, 7) is 13.4. The summed E-state index contributed by atoms with van der Waals surface area (Å²) in [6.07, 6.45) is 2.44. The maximum Gasteiger partial charge on any atom is 0.254 e. The summed E-state index contributed by atoms with van der Waals surface area (Å²) in [5.41, 5.74) is 0. The molecule has 20 heavy (non-hydrogen) atoms. The van der Waals surface area contributed by atoms with Crippen molar-refractivity contribution in [1.29, 1.82) is 0 Å². The van der Waals surface area contributed by atoms with E-state index in [-0.39, 0.29) is 17.7 Å². The van der Waals surface area contributed by atoms with Crippen molar-refractivity contribution < 1.29 is 13.6 Å². The molecule has 0 spiro atoms. The molecule has 3 atom stereocenters. The van der Waals surface area contributed by atoms with Gasteiger partial charge in [0.2, 0.25) is 5.91 Å². The Labute approximate surface area is 122 Å². The van der Waals surface area contributed by atoms with E-state index < -0.39 is 5.92 Å². The van der Waals surface area contributed by atoms with E-state index >= 15 is 0 Å². The molecule has 2 nitrogen and oxygen atoms in total. The van der Waals surface area contributed by atoms with Gasteiger partial charge in [-0.2, -0.15) is 0 Å². The molecule has 2 aliphatic rings. The van der Waals surface area contributed by atoms with Gasteiger partial charge in [0, 0.05) is 31.8 Å². The molecule has 1 heterocycles. The van der Waals surface area contributed by atoms with E-state index in [4.69, 9.17) is 0 Å². The highest BCUT2D eigenvalue weighted by Gasteiger charge is 2.65. The van der Waals surface area contributed by atoms with Crippen LogP contribution in [0.2, 0.25) is 0 Å². The molecule has 0 radical (unpaired) electrons. The zero-order valence-corrected chi connectivity index (χ0v) is 13.9. The van der Waals surface area contributed by atoms with Crippen molar-refractivity contribution in [1.82, 2.24) is 4.90 Å². The number of hydrogen-bond donors (Lipinski definition) is 0. The first-order valence-electron chi connectivity index (χ1n) is 7.97. The molecular weight excluding hydrogens is 260 g/mol. The molecule has 1 aliphatic heterocycles. The van der Waals surface area contributed by atoms with Crippen LogP contribution in [0.4, 0.5) is 8.78 Å². The van der Waals surface area contributed by atoms with Gasteiger partial charge in [0.05, 0.1) is 0 Å². The van der Waals surface area contributed by atoms with E-state index in [9.17, 15) is 13.6 Å². The molecule has 0 aromatic carbocycles. The monoisotopic (exact) mass is 291 g/mol. The molecule has 3 unspecified atom stereocenters. The van der Waals surface area contributed by atoms with Crippen LogP contribution in [0.5, 0.6) is 0 Å². The van der Waals surface area contributed by atoms with E-state index in [0.717, 1.165) is 13.1 Å². The standard InChI is InChI=1S/C7H12F2.C7H13NO.C2H6/c1-3-5-6(4-2)7(5,8)9;1-6-3-4-8(5-6)7(2)9;1-2/h5-6H,3-4H2,1-2H3;6H,3-5H2,1-2H3;1-2H3. The molecule has 0 aromatic rings. The SMILES string of the molecule is CC.CC(=O)N1CCC(C)C1.CCC1C(CC)C1(F)F. The second-order valence-electron chi connectivity index (χ2n) is 5.56. The number of alkyl halides is 2. The lowest BCUT2D eigenvalue weighted by Gasteiger charge is -2.11. The van der Waals surface area contributed by atoms with Gasteiger partial charge in [0.15, 0.2) is 0 Å². The predicted octanol–water partition coefficient (Wildman–Crippen LogP) is 4.59. The summed E-state index contributed by atoms with van der Waals surface area (Å²) >= 11 is 0. The third-order valence-electron chi connectivity index (χ3n) is 4.11. The first kappa shape index (κ1) is 19.3. The third kappa shape index (κ3) is 5.02. The Morgan fingerprint density at radius 3 is 1.80 bits per heavy atom. The average Bonchev–Trinajstić information content (AvgIpc) is 2.74. The number of hydrogen-bond acceptors (Lipinski definition) is 1. The Hall–Kier alpha value is -0.670. The van der Waals surface area contributed by atoms with Gasteiger partial charge in [-0.25, -0.2) is 8.78 Å². The van der Waals surface area contributed by atoms with E-state index in [1.54, 1.807) is 6.92 Å². The smallest absolute Gasteiger partial charge is 0.254 e. The van der Waals surface area contributed by atoms with Gasteiger partial charge in [-0.05, 0) is 25.2 Å². The van der Waals surface area contributed by atoms with Crippen molar-refractivity contribution in [2.45, 2.75) is 66.7 Å². The minimum Gasteiger partial charge on any atom is -0.343 e. The Morgan fingerprint density at radius 1 is 1.20 bits per heavy atom. The number of halogens is 2. The third-order valence-corrected chi connectivity index (χ3v) is 4.11. The van der Waals surface area contributed by atoms with Crippen LogP contribution in [0.15, 0.2) is 0 Å². The number of carbonyl (C=O) groups is 1. The fourth-order valence-electron chi connectivity index (χ4n) is 2.79. The fraction of sp³-hybridized carbons (Fsp3) is 0.938. The summed E-state index contributed by atoms with van der Waals surface area (Å²) in [5.74, 6) is -1.98. The van der Waals surface area contributed by atoms with Crippen molar-refractivity contribution in [2.75, 3.05) is 13.1 Å². The molecular formula is C16H31F2NO. The summed E-state index contributed by atoms with van der Waals surface area (Å²) in [4.78, 5) is 12.6. The van der Waals surface area contributed by atoms with Crippen molar-refractivity contribution >= 4 is 5.91 Å². The highest BCUT2D eigenvalue weighted by Crippen LogP contribution is 2.58. The molecule has 0 aromatic heterocycles. The Balaban J connectivity index is 0.000000321. The zero-order chi connectivity index (χ0) is 15.9. The maximum absolute atomic E-state index is 12.5. The van der Waals surface area contributed by atoms with Gasteiger partial charge >= 0.3 is 0 Å². The van der Waals surface area contributed by atoms with E-state index in [1.807, 2.05) is 32.6 Å². The van der Waals surface area contributed by atoms with Gasteiger partial charge < -0.3 is 4.90 Å². The summed E-state index contributed by atoms with van der Waals surface area (Å²) in [6, 6.07) is 0. The zero-order valence-electron chi connectivity index (χ0n) is 13.9. The minimum atomic E-state index is -2.32. The molecule has 1 saturated heterocycles. The van der Waals surface area contributed by atoms with E-state index in [2.05, 4.69) is 6.92 Å². The van der Waals surface area contributed by atoms with Crippen molar-refractivity contribution in [3.8, 4) is 0 Å². The Kier molecular flexibility index (Phi) is 8.29. The van der Waals surface area contributed by atoms with Gasteiger partial charge in [-0.1, -0.05) is 34.6 Å². The highest BCUT2D eigenvalue weighted by molar-refractivity contribution is 5.73. The molecule has 4 heteroatoms. The van der Waals surface area contributed by atoms with Crippen molar-refractivity contribution in [3.05, 3.63) is 0 Å². The molecule has 0 N–H and O–H groups in total. The van der Waals surface area contributed by atoms with E-state index in [1.165, 1.54) is 6.42 Å². The summed E-state index contributed by atoms with van der Waals surface area (Å²) in [7, 11) is 0. The predicted molar refractivity (Wildman–Crippen MR) is 79.9 cm³/mol. The van der Waals surface area contributed by atoms with Crippen molar-refractivity contribution in [3.63, 3.8) is 0 Å². The Bertz CT molecular complexity index is 282. The van der Waals surface area contributed by atoms with Crippen molar-refractivity contribution in [2.24, 2.45) is 17.8 Å². The van der Waals surface area contributed by atoms with Crippen LogP contribution in [0.25, 0.3) is 0 Å². The minimum absolute atomic E-state index is 0.222. The first-order chi connectivity index (χ1) is 9.34. The lowest BCUT2D eigenvalue weighted by molar-refractivity contribution is -0.127. The van der Waals surface area contributed by atoms with Crippen LogP contribution < -0.4 is 0 Å². The topological polar surface area (TPSA) is 20.3 Å². The van der Waals surface area contributed by atoms with Crippen LogP contribution in [-0.4, -0.2) is 29.8 Å². The fourth-order valence-corrected chi connectivity index (χ4v) is 2.79. The number of likely N-dealkylation sites (tertiary alicyclic amines) is 1. The molecule has 1 saturated carbocycles. The number of amides is 1. The van der Waals surface area contributed by atoms with Crippen LogP contribution in [0, 0.1) is 17.8 Å². The lowest BCUT2D eigenvalue weighted by atomic mass is 10.2. The largest absolute Gasteiger partial charge is 0.343 e. The summed E-state index contributed by atoms with van der Waals surface area (Å²) < 4.78 is 24.9. The maximum atomic E-state index is 12.5. The lowest BCUT2D eigenvalue weighted by Crippen LogP contribution is -2.25. The normalized spacial score (nSPS) is 29.8. The van der Waals surface area contributed by atoms with Crippen LogP contribution in [0.1, 0.15) is 60.8 Å². The second-order valence-corrected chi connectivity index (χ2v) is 5.56. The van der Waals surface area contributed by atoms with Gasteiger partial charge in [0.1, 0.15) is 0 Å².